The van der Waals surface area contributed by atoms with E-state index < -0.39 is 17.0 Å². The van der Waals surface area contributed by atoms with Gasteiger partial charge in [-0.05, 0) is 62.1 Å². The Labute approximate surface area is 239 Å². The second-order valence-corrected chi connectivity index (χ2v) is 12.4. The largest absolute Gasteiger partial charge is 0.481 e. The zero-order valence-electron chi connectivity index (χ0n) is 22.1. The lowest BCUT2D eigenvalue weighted by Crippen LogP contribution is -2.50. The first-order valence-corrected chi connectivity index (χ1v) is 15.0. The molecular weight excluding hydrogens is 539 g/mol. The second-order valence-electron chi connectivity index (χ2n) is 10.2. The average Bonchev–Trinajstić information content (AvgIpc) is 3.43. The molecule has 1 saturated heterocycles. The number of anilines is 1. The number of carboxylic acids is 1. The van der Waals surface area contributed by atoms with Crippen molar-refractivity contribution in [1.29, 1.82) is 5.26 Å². The van der Waals surface area contributed by atoms with Crippen molar-refractivity contribution < 1.29 is 14.1 Å². The third-order valence-electron chi connectivity index (χ3n) is 7.47. The van der Waals surface area contributed by atoms with Gasteiger partial charge in [0.2, 0.25) is 0 Å². The Morgan fingerprint density at radius 1 is 1.10 bits per heavy atom. The number of carboxylic acid groups (broad SMARTS) is 1. The molecule has 2 aromatic carbocycles. The zero-order chi connectivity index (χ0) is 28.0. The fourth-order valence-electron chi connectivity index (χ4n) is 5.32. The molecule has 0 saturated carbocycles. The van der Waals surface area contributed by atoms with Crippen LogP contribution in [0.15, 0.2) is 88.7 Å². The monoisotopic (exact) mass is 565 g/mol. The van der Waals surface area contributed by atoms with E-state index in [9.17, 15) is 19.4 Å². The summed E-state index contributed by atoms with van der Waals surface area (Å²) >= 11 is 1.39. The Hall–Kier alpha value is -4.19. The molecule has 6 nitrogen and oxygen atoms in total. The van der Waals surface area contributed by atoms with Gasteiger partial charge in [-0.25, -0.2) is 4.21 Å². The van der Waals surface area contributed by atoms with E-state index in [2.05, 4.69) is 18.2 Å². The summed E-state index contributed by atoms with van der Waals surface area (Å²) in [4.78, 5) is 14.8. The van der Waals surface area contributed by atoms with Gasteiger partial charge in [-0.2, -0.15) is 5.26 Å². The fraction of sp³-hybridized carbons (Fsp3) is 0.188. The van der Waals surface area contributed by atoms with E-state index >= 15 is 0 Å². The summed E-state index contributed by atoms with van der Waals surface area (Å²) < 4.78 is 16.4. The number of hydrogen-bond donors (Lipinski definition) is 1. The van der Waals surface area contributed by atoms with Gasteiger partial charge in [0.05, 0.1) is 22.0 Å². The van der Waals surface area contributed by atoms with Gasteiger partial charge in [-0.1, -0.05) is 47.6 Å². The summed E-state index contributed by atoms with van der Waals surface area (Å²) in [7, 11) is -1.57. The van der Waals surface area contributed by atoms with E-state index in [0.29, 0.717) is 29.3 Å². The second kappa shape index (κ2) is 10.4. The van der Waals surface area contributed by atoms with Crippen LogP contribution < -0.4 is 4.90 Å². The minimum absolute atomic E-state index is 0.379. The molecule has 40 heavy (non-hydrogen) atoms. The summed E-state index contributed by atoms with van der Waals surface area (Å²) in [6, 6.07) is 18.4. The lowest BCUT2D eigenvalue weighted by molar-refractivity contribution is -0.142. The van der Waals surface area contributed by atoms with E-state index in [0.717, 1.165) is 50.1 Å². The van der Waals surface area contributed by atoms with Crippen LogP contribution in [0.5, 0.6) is 0 Å². The summed E-state index contributed by atoms with van der Waals surface area (Å²) in [6.45, 7) is 4.97. The van der Waals surface area contributed by atoms with Crippen LogP contribution in [0.2, 0.25) is 0 Å². The minimum Gasteiger partial charge on any atom is -0.481 e. The van der Waals surface area contributed by atoms with Crippen molar-refractivity contribution in [2.45, 2.75) is 20.3 Å². The molecule has 3 heterocycles. The van der Waals surface area contributed by atoms with Crippen molar-refractivity contribution in [3.63, 3.8) is 0 Å². The maximum atomic E-state index is 14.5. The highest BCUT2D eigenvalue weighted by Gasteiger charge is 2.33. The Kier molecular flexibility index (Phi) is 6.78. The first-order chi connectivity index (χ1) is 19.4. The van der Waals surface area contributed by atoms with Gasteiger partial charge in [-0.3, -0.25) is 8.77 Å². The molecule has 0 amide bonds. The number of aliphatic carboxylic acids is 1. The predicted octanol–water partition coefficient (Wildman–Crippen LogP) is 7.04. The number of carbonyl (C=O) groups is 1. The maximum absolute atomic E-state index is 14.5. The molecule has 1 aliphatic heterocycles. The predicted molar refractivity (Wildman–Crippen MR) is 163 cm³/mol. The van der Waals surface area contributed by atoms with Gasteiger partial charge in [0.25, 0.3) is 0 Å². The van der Waals surface area contributed by atoms with Crippen LogP contribution in [-0.4, -0.2) is 32.3 Å². The Balaban J connectivity index is 1.61. The maximum Gasteiger partial charge on any atom is 0.310 e. The number of nitrogens with zero attached hydrogens (tertiary/aromatic N) is 3. The van der Waals surface area contributed by atoms with Gasteiger partial charge in [-0.15, -0.1) is 11.3 Å². The van der Waals surface area contributed by atoms with E-state index in [-0.39, 0.29) is 5.92 Å². The van der Waals surface area contributed by atoms with Crippen LogP contribution in [0.4, 0.5) is 5.69 Å². The first-order valence-electron chi connectivity index (χ1n) is 13.0. The lowest BCUT2D eigenvalue weighted by Gasteiger charge is -2.38. The lowest BCUT2D eigenvalue weighted by atomic mass is 9.96. The molecule has 6 rings (SSSR count). The van der Waals surface area contributed by atoms with Gasteiger partial charge in [0.1, 0.15) is 10.9 Å². The third-order valence-corrected chi connectivity index (χ3v) is 9.70. The summed E-state index contributed by atoms with van der Waals surface area (Å²) in [5, 5.41) is 22.2. The van der Waals surface area contributed by atoms with Crippen molar-refractivity contribution in [2.24, 2.45) is 5.92 Å². The number of fused-ring (bicyclic) bond motifs is 1. The van der Waals surface area contributed by atoms with Crippen LogP contribution in [0.3, 0.4) is 0 Å². The SMILES string of the molecule is CC1=CCC=C(S(=O)n2c(-c3cccc(N4CC(C(=O)O)C4)c3)c(-c3ccsc3C#N)c3cc(C)ccc32)C=C1. The number of allylic oxidation sites excluding steroid dienone is 5. The highest BCUT2D eigenvalue weighted by Crippen LogP contribution is 2.45. The van der Waals surface area contributed by atoms with Crippen LogP contribution in [-0.2, 0) is 15.8 Å². The number of hydrogen-bond acceptors (Lipinski definition) is 5. The van der Waals surface area contributed by atoms with E-state index in [1.165, 1.54) is 11.3 Å². The molecule has 8 heteroatoms. The number of rotatable bonds is 6. The van der Waals surface area contributed by atoms with Crippen LogP contribution in [0.25, 0.3) is 33.3 Å². The fourth-order valence-corrected chi connectivity index (χ4v) is 7.34. The summed E-state index contributed by atoms with van der Waals surface area (Å²) in [6.07, 6.45) is 8.71. The third kappa shape index (κ3) is 4.51. The first kappa shape index (κ1) is 26.1. The molecule has 1 aliphatic carbocycles. The topological polar surface area (TPSA) is 86.3 Å². The average molecular weight is 566 g/mol. The van der Waals surface area contributed by atoms with Gasteiger partial charge >= 0.3 is 5.97 Å². The molecule has 1 fully saturated rings. The number of aromatic nitrogens is 1. The van der Waals surface area contributed by atoms with Gasteiger partial charge in [0, 0.05) is 40.9 Å². The van der Waals surface area contributed by atoms with E-state index in [1.807, 2.05) is 88.8 Å². The summed E-state index contributed by atoms with van der Waals surface area (Å²) in [5.74, 6) is -1.16. The number of benzene rings is 2. The molecule has 2 aliphatic rings. The molecule has 2 aromatic heterocycles. The van der Waals surface area contributed by atoms with Crippen molar-refractivity contribution in [3.05, 3.63) is 99.1 Å². The van der Waals surface area contributed by atoms with Crippen molar-refractivity contribution in [3.8, 4) is 28.5 Å². The molecule has 0 bridgehead atoms. The molecule has 1 N–H and O–H groups in total. The molecule has 1 atom stereocenters. The Morgan fingerprint density at radius 3 is 2.70 bits per heavy atom. The molecule has 0 spiro atoms. The standard InChI is InChI=1S/C32H27N3O3S2/c1-20-5-3-8-25(11-9-20)40(38)35-28-12-10-21(2)15-27(28)30(26-13-14-39-29(26)17-33)31(35)22-6-4-7-24(16-22)34-18-23(19-34)32(36)37/h4-16,23H,3,18-19H2,1-2H3,(H,36,37). The molecular formula is C32H27N3O3S2. The smallest absolute Gasteiger partial charge is 0.310 e. The van der Waals surface area contributed by atoms with Crippen LogP contribution >= 0.6 is 11.3 Å². The van der Waals surface area contributed by atoms with Crippen molar-refractivity contribution in [1.82, 2.24) is 3.97 Å². The summed E-state index contributed by atoms with van der Waals surface area (Å²) in [5.41, 5.74) is 7.26. The van der Waals surface area contributed by atoms with Gasteiger partial charge < -0.3 is 10.0 Å². The van der Waals surface area contributed by atoms with Crippen molar-refractivity contribution >= 4 is 44.9 Å². The minimum atomic E-state index is -1.57. The zero-order valence-corrected chi connectivity index (χ0v) is 23.8. The van der Waals surface area contributed by atoms with Crippen LogP contribution in [0.1, 0.15) is 23.8 Å². The van der Waals surface area contributed by atoms with Crippen LogP contribution in [0, 0.1) is 24.2 Å². The number of thiophene rings is 1. The molecule has 4 aromatic rings. The van der Waals surface area contributed by atoms with Gasteiger partial charge in [0.15, 0.2) is 11.0 Å². The molecule has 200 valence electrons. The van der Waals surface area contributed by atoms with Crippen molar-refractivity contribution in [2.75, 3.05) is 18.0 Å². The van der Waals surface area contributed by atoms with E-state index in [4.69, 9.17) is 0 Å². The number of aryl methyl sites for hydroxylation is 1. The normalized spacial score (nSPS) is 16.2. The highest BCUT2D eigenvalue weighted by atomic mass is 32.2. The highest BCUT2D eigenvalue weighted by molar-refractivity contribution is 7.88. The Bertz CT molecular complexity index is 1830. The number of nitriles is 1. The molecule has 1 unspecified atom stereocenters. The molecule has 0 radical (unpaired) electrons. The Morgan fingerprint density at radius 2 is 1.93 bits per heavy atom. The quantitative estimate of drug-likeness (QED) is 0.271. The van der Waals surface area contributed by atoms with E-state index in [1.54, 1.807) is 0 Å².